The Morgan fingerprint density at radius 1 is 1.00 bits per heavy atom. The molecule has 138 valence electrons. The van der Waals surface area contributed by atoms with Crippen molar-refractivity contribution in [2.24, 2.45) is 5.92 Å². The summed E-state index contributed by atoms with van der Waals surface area (Å²) in [6, 6.07) is 12.3. The number of amides is 1. The summed E-state index contributed by atoms with van der Waals surface area (Å²) < 4.78 is 10.6. The van der Waals surface area contributed by atoms with Gasteiger partial charge in [-0.15, -0.1) is 0 Å². The number of esters is 1. The summed E-state index contributed by atoms with van der Waals surface area (Å²) in [5.41, 5.74) is 3.29. The molecular formula is C21H25NO4. The molecule has 5 heteroatoms. The van der Waals surface area contributed by atoms with Crippen LogP contribution in [-0.4, -0.2) is 25.1 Å². The van der Waals surface area contributed by atoms with Crippen molar-refractivity contribution in [2.45, 2.75) is 27.7 Å². The molecule has 1 amide bonds. The number of ether oxygens (including phenoxy) is 2. The highest BCUT2D eigenvalue weighted by molar-refractivity contribution is 5.95. The fourth-order valence-electron chi connectivity index (χ4n) is 2.18. The highest BCUT2D eigenvalue weighted by atomic mass is 16.5. The molecule has 0 aliphatic heterocycles. The number of hydrogen-bond acceptors (Lipinski definition) is 4. The first-order valence-corrected chi connectivity index (χ1v) is 8.62. The molecule has 0 unspecified atom stereocenters. The van der Waals surface area contributed by atoms with Crippen LogP contribution in [0.25, 0.3) is 0 Å². The Kier molecular flexibility index (Phi) is 6.78. The zero-order valence-corrected chi connectivity index (χ0v) is 15.7. The Balaban J connectivity index is 1.83. The number of carbonyl (C=O) groups excluding carboxylic acids is 2. The fourth-order valence-corrected chi connectivity index (χ4v) is 2.18. The average Bonchev–Trinajstić information content (AvgIpc) is 2.61. The van der Waals surface area contributed by atoms with Crippen LogP contribution in [-0.2, 0) is 9.53 Å². The second kappa shape index (κ2) is 9.04. The van der Waals surface area contributed by atoms with E-state index in [1.165, 1.54) is 0 Å². The number of rotatable bonds is 7. The number of anilines is 1. The van der Waals surface area contributed by atoms with E-state index in [9.17, 15) is 9.59 Å². The number of carbonyl (C=O) groups is 2. The first kappa shape index (κ1) is 19.5. The molecule has 1 N–H and O–H groups in total. The van der Waals surface area contributed by atoms with Gasteiger partial charge in [0.05, 0.1) is 12.2 Å². The molecule has 2 aromatic carbocycles. The van der Waals surface area contributed by atoms with Crippen molar-refractivity contribution < 1.29 is 19.1 Å². The quantitative estimate of drug-likeness (QED) is 0.758. The molecule has 0 aromatic heterocycles. The van der Waals surface area contributed by atoms with E-state index >= 15 is 0 Å². The van der Waals surface area contributed by atoms with E-state index < -0.39 is 5.97 Å². The van der Waals surface area contributed by atoms with Crippen molar-refractivity contribution in [3.63, 3.8) is 0 Å². The van der Waals surface area contributed by atoms with Gasteiger partial charge in [0.2, 0.25) is 0 Å². The third-order valence-corrected chi connectivity index (χ3v) is 3.80. The zero-order valence-electron chi connectivity index (χ0n) is 15.7. The van der Waals surface area contributed by atoms with Gasteiger partial charge in [0.15, 0.2) is 6.61 Å². The molecule has 0 heterocycles. The van der Waals surface area contributed by atoms with Crippen LogP contribution in [0.1, 0.15) is 35.3 Å². The van der Waals surface area contributed by atoms with E-state index in [2.05, 4.69) is 19.2 Å². The second-order valence-corrected chi connectivity index (χ2v) is 6.65. The molecule has 0 radical (unpaired) electrons. The van der Waals surface area contributed by atoms with Gasteiger partial charge in [0.25, 0.3) is 5.91 Å². The number of nitrogens with one attached hydrogen (secondary N) is 1. The fraction of sp³-hybridized carbons (Fsp3) is 0.333. The standard InChI is InChI=1S/C21H25NO4/c1-14(2)12-25-19-9-6-17(7-10-19)21(24)26-13-20(23)22-18-8-5-15(3)16(4)11-18/h5-11,14H,12-13H2,1-4H3,(H,22,23). The van der Waals surface area contributed by atoms with Gasteiger partial charge in [-0.25, -0.2) is 4.79 Å². The van der Waals surface area contributed by atoms with E-state index in [0.717, 1.165) is 11.1 Å². The highest BCUT2D eigenvalue weighted by Crippen LogP contribution is 2.15. The molecule has 0 aliphatic carbocycles. The summed E-state index contributed by atoms with van der Waals surface area (Å²) >= 11 is 0. The smallest absolute Gasteiger partial charge is 0.338 e. The highest BCUT2D eigenvalue weighted by Gasteiger charge is 2.11. The summed E-state index contributed by atoms with van der Waals surface area (Å²) in [7, 11) is 0. The van der Waals surface area contributed by atoms with Gasteiger partial charge >= 0.3 is 5.97 Å². The van der Waals surface area contributed by atoms with Crippen LogP contribution in [0, 0.1) is 19.8 Å². The van der Waals surface area contributed by atoms with E-state index in [-0.39, 0.29) is 12.5 Å². The van der Waals surface area contributed by atoms with Gasteiger partial charge in [0, 0.05) is 5.69 Å². The van der Waals surface area contributed by atoms with Crippen LogP contribution in [0.3, 0.4) is 0 Å². The molecule has 2 rings (SSSR count). The maximum atomic E-state index is 12.0. The third-order valence-electron chi connectivity index (χ3n) is 3.80. The van der Waals surface area contributed by atoms with Crippen LogP contribution in [0.4, 0.5) is 5.69 Å². The molecule has 0 aliphatic rings. The zero-order chi connectivity index (χ0) is 19.1. The Labute approximate surface area is 154 Å². The summed E-state index contributed by atoms with van der Waals surface area (Å²) in [5, 5.41) is 2.72. The predicted octanol–water partition coefficient (Wildman–Crippen LogP) is 4.13. The van der Waals surface area contributed by atoms with Crippen molar-refractivity contribution in [2.75, 3.05) is 18.5 Å². The molecule has 2 aromatic rings. The van der Waals surface area contributed by atoms with Gasteiger partial charge in [-0.1, -0.05) is 19.9 Å². The number of aryl methyl sites for hydroxylation is 2. The van der Waals surface area contributed by atoms with E-state index in [1.54, 1.807) is 24.3 Å². The van der Waals surface area contributed by atoms with Crippen LogP contribution >= 0.6 is 0 Å². The first-order valence-electron chi connectivity index (χ1n) is 8.62. The third kappa shape index (κ3) is 5.92. The summed E-state index contributed by atoms with van der Waals surface area (Å²) in [4.78, 5) is 24.0. The lowest BCUT2D eigenvalue weighted by molar-refractivity contribution is -0.119. The molecular weight excluding hydrogens is 330 g/mol. The lowest BCUT2D eigenvalue weighted by Gasteiger charge is -2.10. The van der Waals surface area contributed by atoms with Gasteiger partial charge in [-0.2, -0.15) is 0 Å². The number of hydrogen-bond donors (Lipinski definition) is 1. The van der Waals surface area contributed by atoms with Crippen molar-refractivity contribution in [1.82, 2.24) is 0 Å². The van der Waals surface area contributed by atoms with Crippen LogP contribution < -0.4 is 10.1 Å². The maximum absolute atomic E-state index is 12.0. The predicted molar refractivity (Wildman–Crippen MR) is 102 cm³/mol. The molecule has 0 saturated heterocycles. The lowest BCUT2D eigenvalue weighted by atomic mass is 10.1. The molecule has 0 fully saturated rings. The topological polar surface area (TPSA) is 64.6 Å². The van der Waals surface area contributed by atoms with Crippen molar-refractivity contribution in [3.05, 3.63) is 59.2 Å². The second-order valence-electron chi connectivity index (χ2n) is 6.65. The Bertz CT molecular complexity index is 766. The molecule has 0 atom stereocenters. The van der Waals surface area contributed by atoms with Gasteiger partial charge in [-0.05, 0) is 67.3 Å². The van der Waals surface area contributed by atoms with E-state index in [4.69, 9.17) is 9.47 Å². The normalized spacial score (nSPS) is 10.5. The molecule has 0 saturated carbocycles. The first-order chi connectivity index (χ1) is 12.3. The van der Waals surface area contributed by atoms with Crippen LogP contribution in [0.5, 0.6) is 5.75 Å². The summed E-state index contributed by atoms with van der Waals surface area (Å²) in [5.74, 6) is 0.201. The van der Waals surface area contributed by atoms with Crippen molar-refractivity contribution >= 4 is 17.6 Å². The van der Waals surface area contributed by atoms with Crippen LogP contribution in [0.15, 0.2) is 42.5 Å². The van der Waals surface area contributed by atoms with Gasteiger partial charge in [0.1, 0.15) is 5.75 Å². The van der Waals surface area contributed by atoms with Gasteiger partial charge < -0.3 is 14.8 Å². The molecule has 26 heavy (non-hydrogen) atoms. The largest absolute Gasteiger partial charge is 0.493 e. The minimum Gasteiger partial charge on any atom is -0.493 e. The summed E-state index contributed by atoms with van der Waals surface area (Å²) in [6.45, 7) is 8.38. The van der Waals surface area contributed by atoms with Crippen LogP contribution in [0.2, 0.25) is 0 Å². The Morgan fingerprint density at radius 3 is 2.31 bits per heavy atom. The van der Waals surface area contributed by atoms with Crippen molar-refractivity contribution in [1.29, 1.82) is 0 Å². The Morgan fingerprint density at radius 2 is 1.69 bits per heavy atom. The average molecular weight is 355 g/mol. The minimum absolute atomic E-state index is 0.336. The van der Waals surface area contributed by atoms with Crippen molar-refractivity contribution in [3.8, 4) is 5.75 Å². The summed E-state index contributed by atoms with van der Waals surface area (Å²) in [6.07, 6.45) is 0. The SMILES string of the molecule is Cc1ccc(NC(=O)COC(=O)c2ccc(OCC(C)C)cc2)cc1C. The molecule has 0 bridgehead atoms. The monoisotopic (exact) mass is 355 g/mol. The Hall–Kier alpha value is -2.82. The minimum atomic E-state index is -0.546. The number of benzene rings is 2. The van der Waals surface area contributed by atoms with E-state index in [1.807, 2.05) is 32.0 Å². The van der Waals surface area contributed by atoms with E-state index in [0.29, 0.717) is 29.5 Å². The maximum Gasteiger partial charge on any atom is 0.338 e. The molecule has 5 nitrogen and oxygen atoms in total. The lowest BCUT2D eigenvalue weighted by Crippen LogP contribution is -2.21. The molecule has 0 spiro atoms. The van der Waals surface area contributed by atoms with Gasteiger partial charge in [-0.3, -0.25) is 4.79 Å².